The molecule has 0 aliphatic heterocycles. The van der Waals surface area contributed by atoms with Gasteiger partial charge in [0.15, 0.2) is 5.78 Å². The van der Waals surface area contributed by atoms with Crippen molar-refractivity contribution in [2.24, 2.45) is 0 Å². The molecule has 0 bridgehead atoms. The zero-order valence-electron chi connectivity index (χ0n) is 15.1. The Bertz CT molecular complexity index is 1000. The number of thioether (sulfide) groups is 1. The van der Waals surface area contributed by atoms with Crippen LogP contribution in [0.5, 0.6) is 0 Å². The topological polar surface area (TPSA) is 64.9 Å². The first-order valence-electron chi connectivity index (χ1n) is 8.52. The third kappa shape index (κ3) is 3.95. The lowest BCUT2D eigenvalue weighted by molar-refractivity contribution is -0.153. The van der Waals surface area contributed by atoms with Crippen LogP contribution in [-0.2, 0) is 14.3 Å². The Labute approximate surface area is 161 Å². The zero-order valence-corrected chi connectivity index (χ0v) is 15.9. The summed E-state index contributed by atoms with van der Waals surface area (Å²) in [6.07, 6.45) is 3.25. The van der Waals surface area contributed by atoms with Gasteiger partial charge in [0, 0.05) is 22.2 Å². The number of aromatic nitrogens is 1. The number of Topliss-reactive ketones (excluding diaryl/α,β-unsaturated/α-hetero) is 2. The predicted octanol–water partition coefficient (Wildman–Crippen LogP) is 4.03. The molecule has 0 aliphatic rings. The fraction of sp³-hybridized carbons (Fsp3) is 0.190. The monoisotopic (exact) mass is 381 g/mol. The van der Waals surface area contributed by atoms with Gasteiger partial charge in [0.25, 0.3) is 0 Å². The van der Waals surface area contributed by atoms with Crippen molar-refractivity contribution in [3.8, 4) is 11.1 Å². The van der Waals surface area contributed by atoms with Crippen LogP contribution in [0.25, 0.3) is 16.6 Å². The minimum absolute atomic E-state index is 0.0971. The van der Waals surface area contributed by atoms with Crippen LogP contribution in [0.2, 0.25) is 0 Å². The molecule has 0 saturated heterocycles. The highest BCUT2D eigenvalue weighted by Crippen LogP contribution is 2.30. The molecule has 2 heterocycles. The summed E-state index contributed by atoms with van der Waals surface area (Å²) in [5, 5.41) is 0. The molecule has 1 aromatic carbocycles. The number of benzene rings is 1. The van der Waals surface area contributed by atoms with Gasteiger partial charge in [-0.15, -0.1) is 11.8 Å². The van der Waals surface area contributed by atoms with Crippen molar-refractivity contribution in [2.75, 3.05) is 12.9 Å². The van der Waals surface area contributed by atoms with Gasteiger partial charge in [-0.25, -0.2) is 4.79 Å². The molecule has 138 valence electrons. The molecule has 5 nitrogen and oxygen atoms in total. The summed E-state index contributed by atoms with van der Waals surface area (Å²) in [6.45, 7) is 1.71. The highest BCUT2D eigenvalue weighted by Gasteiger charge is 2.24. The molecule has 0 aliphatic carbocycles. The molecule has 2 aromatic heterocycles. The van der Waals surface area contributed by atoms with Crippen LogP contribution in [-0.4, -0.2) is 34.8 Å². The zero-order chi connectivity index (χ0) is 19.4. The summed E-state index contributed by atoms with van der Waals surface area (Å²) in [4.78, 5) is 37.6. The Kier molecular flexibility index (Phi) is 5.76. The first-order chi connectivity index (χ1) is 13.0. The van der Waals surface area contributed by atoms with Crippen molar-refractivity contribution < 1.29 is 19.1 Å². The van der Waals surface area contributed by atoms with E-state index >= 15 is 0 Å². The SMILES string of the molecule is CCOC(=O)C(=O)CC(=O)c1c(-c2ccc(SC)cc2)cc2ccccn12. The van der Waals surface area contributed by atoms with Crippen LogP contribution in [0.1, 0.15) is 23.8 Å². The molecule has 0 saturated carbocycles. The maximum atomic E-state index is 12.9. The number of pyridine rings is 1. The van der Waals surface area contributed by atoms with Gasteiger partial charge in [-0.3, -0.25) is 9.59 Å². The quantitative estimate of drug-likeness (QED) is 0.203. The lowest BCUT2D eigenvalue weighted by atomic mass is 10.0. The summed E-state index contributed by atoms with van der Waals surface area (Å²) < 4.78 is 6.45. The molecular formula is C21H19NO4S. The smallest absolute Gasteiger partial charge is 0.375 e. The first-order valence-corrected chi connectivity index (χ1v) is 9.75. The minimum atomic E-state index is -0.974. The van der Waals surface area contributed by atoms with Gasteiger partial charge in [-0.05, 0) is 49.1 Å². The van der Waals surface area contributed by atoms with E-state index in [1.807, 2.05) is 54.8 Å². The average molecular weight is 381 g/mol. The molecular weight excluding hydrogens is 362 g/mol. The van der Waals surface area contributed by atoms with Gasteiger partial charge < -0.3 is 9.14 Å². The minimum Gasteiger partial charge on any atom is -0.460 e. The molecule has 3 rings (SSSR count). The lowest BCUT2D eigenvalue weighted by Gasteiger charge is -2.07. The second-order valence-electron chi connectivity index (χ2n) is 5.87. The van der Waals surface area contributed by atoms with Gasteiger partial charge in [0.2, 0.25) is 5.78 Å². The van der Waals surface area contributed by atoms with Crippen LogP contribution in [0.3, 0.4) is 0 Å². The Morgan fingerprint density at radius 3 is 2.48 bits per heavy atom. The average Bonchev–Trinajstić information content (AvgIpc) is 3.07. The van der Waals surface area contributed by atoms with Crippen LogP contribution >= 0.6 is 11.8 Å². The summed E-state index contributed by atoms with van der Waals surface area (Å²) in [6, 6.07) is 15.4. The Morgan fingerprint density at radius 1 is 1.07 bits per heavy atom. The van der Waals surface area contributed by atoms with E-state index in [9.17, 15) is 14.4 Å². The highest BCUT2D eigenvalue weighted by atomic mass is 32.2. The molecule has 0 N–H and O–H groups in total. The van der Waals surface area contributed by atoms with Gasteiger partial charge in [0.05, 0.1) is 18.7 Å². The number of rotatable bonds is 7. The van der Waals surface area contributed by atoms with Gasteiger partial charge in [-0.1, -0.05) is 18.2 Å². The van der Waals surface area contributed by atoms with Gasteiger partial charge >= 0.3 is 5.97 Å². The highest BCUT2D eigenvalue weighted by molar-refractivity contribution is 7.98. The fourth-order valence-corrected chi connectivity index (χ4v) is 3.32. The van der Waals surface area contributed by atoms with E-state index in [2.05, 4.69) is 0 Å². The molecule has 27 heavy (non-hydrogen) atoms. The van der Waals surface area contributed by atoms with Gasteiger partial charge in [0.1, 0.15) is 0 Å². The summed E-state index contributed by atoms with van der Waals surface area (Å²) in [7, 11) is 0. The first kappa shape index (κ1) is 18.9. The van der Waals surface area contributed by atoms with Crippen molar-refractivity contribution >= 4 is 34.8 Å². The van der Waals surface area contributed by atoms with Crippen LogP contribution in [0.15, 0.2) is 59.6 Å². The maximum absolute atomic E-state index is 12.9. The van der Waals surface area contributed by atoms with E-state index < -0.39 is 24.0 Å². The van der Waals surface area contributed by atoms with E-state index in [1.165, 1.54) is 0 Å². The Morgan fingerprint density at radius 2 is 1.81 bits per heavy atom. The van der Waals surface area contributed by atoms with E-state index in [4.69, 9.17) is 4.74 Å². The third-order valence-corrected chi connectivity index (χ3v) is 4.91. The van der Waals surface area contributed by atoms with Crippen molar-refractivity contribution in [1.29, 1.82) is 0 Å². The molecule has 3 aromatic rings. The number of fused-ring (bicyclic) bond motifs is 1. The standard InChI is InChI=1S/C21H19NO4S/c1-3-26-21(25)19(24)13-18(23)20-17(12-15-6-4-5-11-22(15)20)14-7-9-16(27-2)10-8-14/h4-12H,3,13H2,1-2H3. The Hall–Kier alpha value is -2.86. The van der Waals surface area contributed by atoms with E-state index in [0.717, 1.165) is 21.5 Å². The number of hydrogen-bond acceptors (Lipinski definition) is 5. The van der Waals surface area contributed by atoms with Crippen molar-refractivity contribution in [3.63, 3.8) is 0 Å². The van der Waals surface area contributed by atoms with Crippen LogP contribution < -0.4 is 0 Å². The molecule has 0 radical (unpaired) electrons. The number of carbonyl (C=O) groups excluding carboxylic acids is 3. The van der Waals surface area contributed by atoms with Crippen LogP contribution in [0.4, 0.5) is 0 Å². The summed E-state index contributed by atoms with van der Waals surface area (Å²) in [5.74, 6) is -2.22. The second kappa shape index (κ2) is 8.22. The molecule has 0 unspecified atom stereocenters. The molecule has 6 heteroatoms. The lowest BCUT2D eigenvalue weighted by Crippen LogP contribution is -2.21. The molecule has 0 spiro atoms. The van der Waals surface area contributed by atoms with E-state index in [0.29, 0.717) is 5.69 Å². The number of nitrogens with zero attached hydrogens (tertiary/aromatic N) is 1. The fourth-order valence-electron chi connectivity index (χ4n) is 2.91. The summed E-state index contributed by atoms with van der Waals surface area (Å²) >= 11 is 1.64. The number of ketones is 2. The second-order valence-corrected chi connectivity index (χ2v) is 6.75. The Balaban J connectivity index is 2.03. The number of esters is 1. The number of carbonyl (C=O) groups is 3. The normalized spacial score (nSPS) is 10.7. The van der Waals surface area contributed by atoms with Crippen molar-refractivity contribution in [1.82, 2.24) is 4.40 Å². The van der Waals surface area contributed by atoms with Crippen molar-refractivity contribution in [2.45, 2.75) is 18.2 Å². The molecule has 0 fully saturated rings. The predicted molar refractivity (Wildman–Crippen MR) is 105 cm³/mol. The number of ether oxygens (including phenoxy) is 1. The van der Waals surface area contributed by atoms with Crippen LogP contribution in [0, 0.1) is 0 Å². The maximum Gasteiger partial charge on any atom is 0.375 e. The van der Waals surface area contributed by atoms with Crippen molar-refractivity contribution in [3.05, 3.63) is 60.4 Å². The van der Waals surface area contributed by atoms with E-state index in [1.54, 1.807) is 29.3 Å². The third-order valence-electron chi connectivity index (χ3n) is 4.17. The summed E-state index contributed by atoms with van der Waals surface area (Å²) in [5.41, 5.74) is 2.84. The van der Waals surface area contributed by atoms with E-state index in [-0.39, 0.29) is 6.61 Å². The van der Waals surface area contributed by atoms with Gasteiger partial charge in [-0.2, -0.15) is 0 Å². The molecule has 0 amide bonds. The molecule has 0 atom stereocenters. The largest absolute Gasteiger partial charge is 0.460 e. The number of hydrogen-bond donors (Lipinski definition) is 0.